The van der Waals surface area contributed by atoms with Gasteiger partial charge in [-0.05, 0) is 25.8 Å². The van der Waals surface area contributed by atoms with Gasteiger partial charge < -0.3 is 15.4 Å². The second-order valence-electron chi connectivity index (χ2n) is 6.97. The summed E-state index contributed by atoms with van der Waals surface area (Å²) in [7, 11) is 0. The summed E-state index contributed by atoms with van der Waals surface area (Å²) in [6, 6.07) is 6.60. The number of carbonyl (C=O) groups excluding carboxylic acids is 1. The van der Waals surface area contributed by atoms with E-state index in [1.165, 1.54) is 6.07 Å². The molecule has 6 heteroatoms. The van der Waals surface area contributed by atoms with E-state index < -0.39 is 11.6 Å². The van der Waals surface area contributed by atoms with Gasteiger partial charge in [0.05, 0.1) is 19.1 Å². The van der Waals surface area contributed by atoms with E-state index in [-0.39, 0.29) is 30.0 Å². The smallest absolute Gasteiger partial charge is 0.227 e. The van der Waals surface area contributed by atoms with Gasteiger partial charge in [0.25, 0.3) is 0 Å². The van der Waals surface area contributed by atoms with E-state index >= 15 is 0 Å². The van der Waals surface area contributed by atoms with E-state index in [0.29, 0.717) is 25.3 Å². The van der Waals surface area contributed by atoms with Crippen LogP contribution in [-0.2, 0) is 9.53 Å². The average molecular weight is 357 g/mol. The van der Waals surface area contributed by atoms with Gasteiger partial charge in [0.15, 0.2) is 0 Å². The van der Waals surface area contributed by atoms with Gasteiger partial charge in [-0.15, -0.1) is 12.4 Å². The third-order valence-electron chi connectivity index (χ3n) is 5.18. The van der Waals surface area contributed by atoms with Crippen LogP contribution in [-0.4, -0.2) is 36.0 Å². The Morgan fingerprint density at radius 1 is 1.38 bits per heavy atom. The number of rotatable bonds is 2. The fourth-order valence-electron chi connectivity index (χ4n) is 3.76. The fourth-order valence-corrected chi connectivity index (χ4v) is 3.76. The molecule has 1 saturated heterocycles. The number of hydrogen-bond donors (Lipinski definition) is 1. The largest absolute Gasteiger partial charge is 0.370 e. The van der Waals surface area contributed by atoms with Crippen molar-refractivity contribution in [1.29, 1.82) is 0 Å². The molecule has 1 heterocycles. The summed E-state index contributed by atoms with van der Waals surface area (Å²) in [6.45, 7) is 3.35. The molecule has 24 heavy (non-hydrogen) atoms. The molecule has 1 aliphatic carbocycles. The van der Waals surface area contributed by atoms with Gasteiger partial charge in [0.2, 0.25) is 5.91 Å². The maximum atomic E-state index is 14.0. The van der Waals surface area contributed by atoms with Crippen LogP contribution in [0.5, 0.6) is 0 Å². The number of ether oxygens (including phenoxy) is 1. The van der Waals surface area contributed by atoms with Crippen LogP contribution >= 0.6 is 12.4 Å². The van der Waals surface area contributed by atoms with Crippen molar-refractivity contribution in [2.75, 3.05) is 19.7 Å². The van der Waals surface area contributed by atoms with E-state index in [4.69, 9.17) is 10.5 Å². The summed E-state index contributed by atoms with van der Waals surface area (Å²) >= 11 is 0. The van der Waals surface area contributed by atoms with Crippen LogP contribution in [0.25, 0.3) is 0 Å². The quantitative estimate of drug-likeness (QED) is 0.886. The molecule has 4 nitrogen and oxygen atoms in total. The number of nitrogens with two attached hydrogens (primary N) is 1. The van der Waals surface area contributed by atoms with Crippen LogP contribution in [0, 0.1) is 11.7 Å². The highest BCUT2D eigenvalue weighted by atomic mass is 35.5. The van der Waals surface area contributed by atoms with Gasteiger partial charge in [-0.2, -0.15) is 0 Å². The zero-order valence-corrected chi connectivity index (χ0v) is 14.9. The average Bonchev–Trinajstić information content (AvgIpc) is 2.54. The van der Waals surface area contributed by atoms with E-state index in [0.717, 1.165) is 25.7 Å². The molecule has 0 radical (unpaired) electrons. The Bertz CT molecular complexity index is 582. The minimum Gasteiger partial charge on any atom is -0.370 e. The van der Waals surface area contributed by atoms with Gasteiger partial charge in [-0.25, -0.2) is 4.39 Å². The molecule has 1 saturated carbocycles. The van der Waals surface area contributed by atoms with Gasteiger partial charge >= 0.3 is 0 Å². The fraction of sp³-hybridized carbons (Fsp3) is 0.611. The van der Waals surface area contributed by atoms with Crippen molar-refractivity contribution in [2.24, 2.45) is 11.7 Å². The molecule has 134 valence electrons. The number of carbonyl (C=O) groups is 1. The predicted molar refractivity (Wildman–Crippen MR) is 93.5 cm³/mol. The Kier molecular flexibility index (Phi) is 6.23. The maximum absolute atomic E-state index is 14.0. The van der Waals surface area contributed by atoms with Crippen molar-refractivity contribution in [3.05, 3.63) is 35.6 Å². The zero-order valence-electron chi connectivity index (χ0n) is 14.0. The van der Waals surface area contributed by atoms with Crippen molar-refractivity contribution in [3.8, 4) is 0 Å². The summed E-state index contributed by atoms with van der Waals surface area (Å²) in [5.41, 5.74) is 6.44. The summed E-state index contributed by atoms with van der Waals surface area (Å²) in [6.07, 6.45) is 3.45. The molecule has 1 amide bonds. The standard InChI is InChI=1S/C18H25FN2O2.ClH/c1-18(20)9-5-4-7-14(18)17(22)21-10-11-23-16(12-21)13-6-2-3-8-15(13)19;/h2-3,6,8,14,16H,4-5,7,9-12,20H2,1H3;1H. The third-order valence-corrected chi connectivity index (χ3v) is 5.18. The summed E-state index contributed by atoms with van der Waals surface area (Å²) < 4.78 is 19.7. The maximum Gasteiger partial charge on any atom is 0.227 e. The third kappa shape index (κ3) is 3.90. The monoisotopic (exact) mass is 356 g/mol. The van der Waals surface area contributed by atoms with Gasteiger partial charge in [-0.1, -0.05) is 31.0 Å². The van der Waals surface area contributed by atoms with E-state index in [9.17, 15) is 9.18 Å². The van der Waals surface area contributed by atoms with Crippen LogP contribution in [0.15, 0.2) is 24.3 Å². The first-order valence-electron chi connectivity index (χ1n) is 8.43. The number of benzene rings is 1. The first-order valence-corrected chi connectivity index (χ1v) is 8.43. The summed E-state index contributed by atoms with van der Waals surface area (Å²) in [4.78, 5) is 14.7. The molecule has 1 aliphatic heterocycles. The van der Waals surface area contributed by atoms with Crippen LogP contribution in [0.4, 0.5) is 4.39 Å². The highest BCUT2D eigenvalue weighted by Gasteiger charge is 2.41. The lowest BCUT2D eigenvalue weighted by Gasteiger charge is -2.42. The molecular weight excluding hydrogens is 331 g/mol. The molecule has 1 aromatic carbocycles. The number of amides is 1. The van der Waals surface area contributed by atoms with Crippen molar-refractivity contribution < 1.29 is 13.9 Å². The minimum atomic E-state index is -0.443. The van der Waals surface area contributed by atoms with Crippen LogP contribution in [0.1, 0.15) is 44.3 Å². The molecule has 3 unspecified atom stereocenters. The lowest BCUT2D eigenvalue weighted by Crippen LogP contribution is -2.55. The highest BCUT2D eigenvalue weighted by Crippen LogP contribution is 2.34. The molecule has 2 N–H and O–H groups in total. The van der Waals surface area contributed by atoms with Crippen molar-refractivity contribution in [3.63, 3.8) is 0 Å². The van der Waals surface area contributed by atoms with Crippen molar-refractivity contribution >= 4 is 18.3 Å². The Balaban J connectivity index is 0.00000208. The molecule has 2 aliphatic rings. The highest BCUT2D eigenvalue weighted by molar-refractivity contribution is 5.85. The topological polar surface area (TPSA) is 55.6 Å². The normalized spacial score (nSPS) is 30.5. The number of morpholine rings is 1. The van der Waals surface area contributed by atoms with Crippen LogP contribution < -0.4 is 5.73 Å². The van der Waals surface area contributed by atoms with Gasteiger partial charge in [0, 0.05) is 17.6 Å². The van der Waals surface area contributed by atoms with Gasteiger partial charge in [0.1, 0.15) is 11.9 Å². The second kappa shape index (κ2) is 7.81. The Morgan fingerprint density at radius 3 is 2.83 bits per heavy atom. The Morgan fingerprint density at radius 2 is 2.12 bits per heavy atom. The second-order valence-corrected chi connectivity index (χ2v) is 6.97. The van der Waals surface area contributed by atoms with Crippen molar-refractivity contribution in [1.82, 2.24) is 4.90 Å². The van der Waals surface area contributed by atoms with Crippen molar-refractivity contribution in [2.45, 2.75) is 44.2 Å². The Hall–Kier alpha value is -1.17. The molecule has 3 atom stereocenters. The van der Waals surface area contributed by atoms with E-state index in [2.05, 4.69) is 0 Å². The molecule has 2 fully saturated rings. The van der Waals surface area contributed by atoms with Crippen LogP contribution in [0.2, 0.25) is 0 Å². The molecule has 0 spiro atoms. The summed E-state index contributed by atoms with van der Waals surface area (Å²) in [5.74, 6) is -0.330. The molecule has 0 bridgehead atoms. The Labute approximate surface area is 148 Å². The number of nitrogens with zero attached hydrogens (tertiary/aromatic N) is 1. The SMILES string of the molecule is CC1(N)CCCCC1C(=O)N1CCOC(c2ccccc2F)C1.Cl. The number of hydrogen-bond acceptors (Lipinski definition) is 3. The van der Waals surface area contributed by atoms with E-state index in [1.54, 1.807) is 18.2 Å². The minimum absolute atomic E-state index is 0. The summed E-state index contributed by atoms with van der Waals surface area (Å²) in [5, 5.41) is 0. The number of halogens is 2. The molecule has 3 rings (SSSR count). The molecule has 1 aromatic rings. The molecular formula is C18H26ClFN2O2. The lowest BCUT2D eigenvalue weighted by atomic mass is 9.74. The van der Waals surface area contributed by atoms with Crippen LogP contribution in [0.3, 0.4) is 0 Å². The lowest BCUT2D eigenvalue weighted by molar-refractivity contribution is -0.146. The molecule has 0 aromatic heterocycles. The first-order chi connectivity index (χ1) is 11.0. The first kappa shape index (κ1) is 19.2. The predicted octanol–water partition coefficient (Wildman–Crippen LogP) is 3.06. The van der Waals surface area contributed by atoms with E-state index in [1.807, 2.05) is 11.8 Å². The zero-order chi connectivity index (χ0) is 16.4. The van der Waals surface area contributed by atoms with Gasteiger partial charge in [-0.3, -0.25) is 4.79 Å².